The number of rotatable bonds is 7. The number of nitrogens with zero attached hydrogens (tertiary/aromatic N) is 1. The maximum absolute atomic E-state index is 9.29. The molecular weight excluding hydrogens is 392 g/mol. The quantitative estimate of drug-likeness (QED) is 0.538. The highest BCUT2D eigenvalue weighted by molar-refractivity contribution is 6.30. The Bertz CT molecular complexity index is 680. The Hall–Kier alpha value is -1.84. The minimum Gasteiger partial charge on any atom is -0.359 e. The van der Waals surface area contributed by atoms with Gasteiger partial charge in [-0.15, -0.1) is 0 Å². The largest absolute Gasteiger partial charge is 0.359 e. The van der Waals surface area contributed by atoms with E-state index in [0.29, 0.717) is 11.8 Å². The van der Waals surface area contributed by atoms with Gasteiger partial charge in [-0.25, -0.2) is 0 Å². The number of amides is 1. The molecule has 1 heterocycles. The molecule has 30 heavy (non-hydrogen) atoms. The molecule has 1 amide bonds. The van der Waals surface area contributed by atoms with E-state index in [1.54, 1.807) is 0 Å². The number of nitrogens with one attached hydrogen (secondary N) is 1. The van der Waals surface area contributed by atoms with Gasteiger partial charge < -0.3 is 10.2 Å². The summed E-state index contributed by atoms with van der Waals surface area (Å²) in [5, 5.41) is 3.22. The molecule has 0 aromatic heterocycles. The lowest BCUT2D eigenvalue weighted by Gasteiger charge is -2.23. The fourth-order valence-corrected chi connectivity index (χ4v) is 3.26. The van der Waals surface area contributed by atoms with Gasteiger partial charge in [-0.1, -0.05) is 74.8 Å². The van der Waals surface area contributed by atoms with Gasteiger partial charge in [0.1, 0.15) is 0 Å². The van der Waals surface area contributed by atoms with Gasteiger partial charge in [-0.2, -0.15) is 0 Å². The molecule has 0 aliphatic carbocycles. The minimum absolute atomic E-state index is 0.313. The van der Waals surface area contributed by atoms with Crippen LogP contribution in [0.2, 0.25) is 5.02 Å². The fourth-order valence-electron chi connectivity index (χ4n) is 3.12. The van der Waals surface area contributed by atoms with Crippen LogP contribution in [-0.2, 0) is 16.6 Å². The maximum atomic E-state index is 9.29. The molecule has 0 radical (unpaired) electrons. The zero-order valence-corrected chi connectivity index (χ0v) is 19.9. The molecule has 1 fully saturated rings. The van der Waals surface area contributed by atoms with Crippen LogP contribution < -0.4 is 5.32 Å². The van der Waals surface area contributed by atoms with Crippen molar-refractivity contribution in [2.24, 2.45) is 0 Å². The molecule has 1 aliphatic heterocycles. The van der Waals surface area contributed by atoms with Gasteiger partial charge in [0.25, 0.3) is 0 Å². The molecule has 0 spiro atoms. The van der Waals surface area contributed by atoms with Crippen LogP contribution in [0.3, 0.4) is 0 Å². The lowest BCUT2D eigenvalue weighted by molar-refractivity contribution is -0.109. The van der Waals surface area contributed by atoms with E-state index in [9.17, 15) is 4.79 Å². The van der Waals surface area contributed by atoms with Crippen molar-refractivity contribution in [3.63, 3.8) is 0 Å². The molecule has 0 bridgehead atoms. The van der Waals surface area contributed by atoms with Gasteiger partial charge in [0, 0.05) is 18.1 Å². The molecular formula is C26H39ClN2O. The lowest BCUT2D eigenvalue weighted by atomic mass is 9.82. The Labute approximate surface area is 188 Å². The second kappa shape index (κ2) is 15.0. The third-order valence-electron chi connectivity index (χ3n) is 5.56. The number of carbonyl (C=O) groups excluding carboxylic acids is 1. The molecule has 4 heteroatoms. The first-order chi connectivity index (χ1) is 14.4. The van der Waals surface area contributed by atoms with Crippen LogP contribution in [0.5, 0.6) is 0 Å². The van der Waals surface area contributed by atoms with Gasteiger partial charge in [0.05, 0.1) is 0 Å². The first-order valence-corrected chi connectivity index (χ1v) is 11.5. The zero-order valence-electron chi connectivity index (χ0n) is 19.2. The first-order valence-electron chi connectivity index (χ1n) is 11.1. The summed E-state index contributed by atoms with van der Waals surface area (Å²) in [4.78, 5) is 11.9. The Balaban J connectivity index is 0.000000307. The third kappa shape index (κ3) is 10.8. The summed E-state index contributed by atoms with van der Waals surface area (Å²) in [5.41, 5.74) is 3.26. The maximum Gasteiger partial charge on any atom is 0.207 e. The number of benzene rings is 2. The molecule has 0 unspecified atom stereocenters. The third-order valence-corrected chi connectivity index (χ3v) is 5.81. The van der Waals surface area contributed by atoms with Crippen LogP contribution in [0.15, 0.2) is 54.6 Å². The first kappa shape index (κ1) is 26.2. The van der Waals surface area contributed by atoms with Crippen molar-refractivity contribution in [1.82, 2.24) is 10.2 Å². The summed E-state index contributed by atoms with van der Waals surface area (Å²) in [6.45, 7) is 13.4. The van der Waals surface area contributed by atoms with E-state index in [2.05, 4.69) is 55.3 Å². The molecule has 2 aromatic carbocycles. The topological polar surface area (TPSA) is 32.3 Å². The van der Waals surface area contributed by atoms with Crippen molar-refractivity contribution in [3.05, 3.63) is 70.7 Å². The molecule has 3 nitrogen and oxygen atoms in total. The van der Waals surface area contributed by atoms with E-state index < -0.39 is 0 Å². The average Bonchev–Trinajstić information content (AvgIpc) is 3.28. The van der Waals surface area contributed by atoms with E-state index in [-0.39, 0.29) is 0 Å². The summed E-state index contributed by atoms with van der Waals surface area (Å²) >= 11 is 5.54. The van der Waals surface area contributed by atoms with Gasteiger partial charge in [0.2, 0.25) is 6.41 Å². The van der Waals surface area contributed by atoms with Crippen molar-refractivity contribution in [1.29, 1.82) is 0 Å². The average molecular weight is 431 g/mol. The smallest absolute Gasteiger partial charge is 0.207 e. The summed E-state index contributed by atoms with van der Waals surface area (Å²) in [7, 11) is 0. The van der Waals surface area contributed by atoms with E-state index in [4.69, 9.17) is 11.6 Å². The summed E-state index contributed by atoms with van der Waals surface area (Å²) in [5.74, 6) is 0. The molecule has 0 saturated carbocycles. The molecule has 1 aliphatic rings. The van der Waals surface area contributed by atoms with Gasteiger partial charge in [-0.05, 0) is 74.4 Å². The van der Waals surface area contributed by atoms with E-state index in [0.717, 1.165) is 11.6 Å². The number of likely N-dealkylation sites (tertiary alicyclic amines) is 1. The highest BCUT2D eigenvalue weighted by Crippen LogP contribution is 2.26. The number of carbonyl (C=O) groups is 1. The van der Waals surface area contributed by atoms with Crippen LogP contribution in [-0.4, -0.2) is 37.5 Å². The van der Waals surface area contributed by atoms with Crippen LogP contribution in [0, 0.1) is 0 Å². The van der Waals surface area contributed by atoms with Crippen LogP contribution >= 0.6 is 11.6 Å². The molecule has 3 rings (SSSR count). The standard InChI is InChI=1S/C17H27N.C6H5Cl.C3H7NO/c1-4-17(2,3)16-9-7-15(8-10-16)11-14-18-12-5-6-13-18;7-6-4-2-1-3-5-6;1-2-4-3-5/h7-10H,4-6,11-14H2,1-3H3;1-5H;3H,2H2,1H3,(H,4,5). The number of hydrogen-bond acceptors (Lipinski definition) is 2. The number of hydrogen-bond donors (Lipinski definition) is 1. The SMILES string of the molecule is CCC(C)(C)c1ccc(CCN2CCCC2)cc1.CCNC=O.Clc1ccccc1. The molecule has 166 valence electrons. The monoisotopic (exact) mass is 430 g/mol. The molecule has 2 aromatic rings. The van der Waals surface area contributed by atoms with Crippen LogP contribution in [0.1, 0.15) is 58.1 Å². The predicted octanol–water partition coefficient (Wildman–Crippen LogP) is 6.10. The summed E-state index contributed by atoms with van der Waals surface area (Å²) in [6, 6.07) is 18.7. The van der Waals surface area contributed by atoms with Gasteiger partial charge in [0.15, 0.2) is 0 Å². The second-order valence-electron chi connectivity index (χ2n) is 8.20. The fraction of sp³-hybridized carbons (Fsp3) is 0.500. The van der Waals surface area contributed by atoms with Gasteiger partial charge >= 0.3 is 0 Å². The second-order valence-corrected chi connectivity index (χ2v) is 8.64. The van der Waals surface area contributed by atoms with E-state index >= 15 is 0 Å². The van der Waals surface area contributed by atoms with Crippen molar-refractivity contribution in [3.8, 4) is 0 Å². The Morgan fingerprint density at radius 3 is 2.00 bits per heavy atom. The summed E-state index contributed by atoms with van der Waals surface area (Å²) < 4.78 is 0. The predicted molar refractivity (Wildman–Crippen MR) is 130 cm³/mol. The molecule has 1 saturated heterocycles. The summed E-state index contributed by atoms with van der Waals surface area (Å²) in [6.07, 6.45) is 5.86. The highest BCUT2D eigenvalue weighted by atomic mass is 35.5. The van der Waals surface area contributed by atoms with Crippen molar-refractivity contribution < 1.29 is 4.79 Å². The highest BCUT2D eigenvalue weighted by Gasteiger charge is 2.17. The minimum atomic E-state index is 0.313. The van der Waals surface area contributed by atoms with Crippen molar-refractivity contribution >= 4 is 18.0 Å². The Kier molecular flexibility index (Phi) is 13.1. The zero-order chi connectivity index (χ0) is 22.2. The lowest BCUT2D eigenvalue weighted by Crippen LogP contribution is -2.22. The van der Waals surface area contributed by atoms with E-state index in [1.807, 2.05) is 37.3 Å². The number of halogens is 1. The molecule has 1 N–H and O–H groups in total. The Morgan fingerprint density at radius 1 is 1.00 bits per heavy atom. The van der Waals surface area contributed by atoms with Crippen LogP contribution in [0.25, 0.3) is 0 Å². The van der Waals surface area contributed by atoms with Crippen LogP contribution in [0.4, 0.5) is 0 Å². The normalized spacial score (nSPS) is 13.5. The molecule has 0 atom stereocenters. The van der Waals surface area contributed by atoms with Crippen molar-refractivity contribution in [2.45, 2.75) is 58.8 Å². The van der Waals surface area contributed by atoms with Crippen molar-refractivity contribution in [2.75, 3.05) is 26.2 Å². The Morgan fingerprint density at radius 2 is 1.60 bits per heavy atom. The van der Waals surface area contributed by atoms with E-state index in [1.165, 1.54) is 56.4 Å². The van der Waals surface area contributed by atoms with Gasteiger partial charge in [-0.3, -0.25) is 4.79 Å².